The molecule has 0 saturated carbocycles. The number of alkyl halides is 3. The van der Waals surface area contributed by atoms with E-state index in [-0.39, 0.29) is 16.9 Å². The Morgan fingerprint density at radius 2 is 1.85 bits per heavy atom. The molecular weight excluding hydrogens is 271 g/mol. The second-order valence-corrected chi connectivity index (χ2v) is 5.10. The molecule has 0 atom stereocenters. The fourth-order valence-electron chi connectivity index (χ4n) is 1.73. The second kappa shape index (κ2) is 4.59. The van der Waals surface area contributed by atoms with Crippen molar-refractivity contribution in [3.63, 3.8) is 0 Å². The van der Waals surface area contributed by atoms with E-state index in [9.17, 15) is 18.3 Å². The van der Waals surface area contributed by atoms with Crippen LogP contribution in [0.1, 0.15) is 30.7 Å². The van der Waals surface area contributed by atoms with E-state index in [2.05, 4.69) is 10.3 Å². The lowest BCUT2D eigenvalue weighted by Gasteiger charge is -2.13. The van der Waals surface area contributed by atoms with E-state index in [0.29, 0.717) is 0 Å². The number of hydrogen-bond acceptors (Lipinski definition) is 3. The van der Waals surface area contributed by atoms with Crippen LogP contribution in [0.5, 0.6) is 0 Å². The van der Waals surface area contributed by atoms with Crippen LogP contribution in [0.4, 0.5) is 13.2 Å². The number of aliphatic hydroxyl groups is 1. The predicted octanol–water partition coefficient (Wildman–Crippen LogP) is 2.82. The summed E-state index contributed by atoms with van der Waals surface area (Å²) in [7, 11) is 0. The van der Waals surface area contributed by atoms with Gasteiger partial charge in [0.2, 0.25) is 0 Å². The average Bonchev–Trinajstić information content (AvgIpc) is 2.77. The van der Waals surface area contributed by atoms with Gasteiger partial charge in [0.15, 0.2) is 0 Å². The highest BCUT2D eigenvalue weighted by Crippen LogP contribution is 2.33. The van der Waals surface area contributed by atoms with Crippen molar-refractivity contribution in [2.75, 3.05) is 0 Å². The Labute approximate surface area is 113 Å². The van der Waals surface area contributed by atoms with Crippen LogP contribution in [0, 0.1) is 6.92 Å². The van der Waals surface area contributed by atoms with Crippen LogP contribution in [0.2, 0.25) is 0 Å². The highest BCUT2D eigenvalue weighted by molar-refractivity contribution is 5.41. The Morgan fingerprint density at radius 1 is 1.20 bits per heavy atom. The highest BCUT2D eigenvalue weighted by atomic mass is 19.4. The zero-order chi connectivity index (χ0) is 15.1. The second-order valence-electron chi connectivity index (χ2n) is 5.10. The summed E-state index contributed by atoms with van der Waals surface area (Å²) >= 11 is 0. The van der Waals surface area contributed by atoms with Crippen molar-refractivity contribution >= 4 is 0 Å². The monoisotopic (exact) mass is 285 g/mol. The summed E-state index contributed by atoms with van der Waals surface area (Å²) in [6.45, 7) is 4.45. The van der Waals surface area contributed by atoms with Crippen molar-refractivity contribution < 1.29 is 18.3 Å². The molecule has 0 radical (unpaired) electrons. The van der Waals surface area contributed by atoms with Crippen molar-refractivity contribution in [2.45, 2.75) is 32.5 Å². The Hall–Kier alpha value is -1.89. The van der Waals surface area contributed by atoms with E-state index in [1.54, 1.807) is 0 Å². The third-order valence-corrected chi connectivity index (χ3v) is 2.91. The van der Waals surface area contributed by atoms with Gasteiger partial charge >= 0.3 is 6.18 Å². The average molecular weight is 285 g/mol. The lowest BCUT2D eigenvalue weighted by atomic mass is 10.1. The topological polar surface area (TPSA) is 50.9 Å². The molecule has 2 aromatic rings. The van der Waals surface area contributed by atoms with Gasteiger partial charge in [-0.25, -0.2) is 4.68 Å². The van der Waals surface area contributed by atoms with E-state index < -0.39 is 17.3 Å². The maximum atomic E-state index is 12.9. The quantitative estimate of drug-likeness (QED) is 0.923. The molecule has 0 unspecified atom stereocenters. The number of benzene rings is 1. The van der Waals surface area contributed by atoms with E-state index in [1.165, 1.54) is 43.8 Å². The van der Waals surface area contributed by atoms with E-state index in [0.717, 1.165) is 6.07 Å². The van der Waals surface area contributed by atoms with Gasteiger partial charge in [0.05, 0.1) is 17.4 Å². The minimum absolute atomic E-state index is 0.143. The van der Waals surface area contributed by atoms with Gasteiger partial charge in [-0.2, -0.15) is 13.2 Å². The Morgan fingerprint density at radius 3 is 2.35 bits per heavy atom. The molecule has 4 nitrogen and oxygen atoms in total. The summed E-state index contributed by atoms with van der Waals surface area (Å²) in [6, 6.07) is 3.91. The molecule has 0 saturated heterocycles. The highest BCUT2D eigenvalue weighted by Gasteiger charge is 2.32. The molecular formula is C13H14F3N3O. The van der Waals surface area contributed by atoms with Crippen molar-refractivity contribution in [1.29, 1.82) is 0 Å². The van der Waals surface area contributed by atoms with E-state index in [1.807, 2.05) is 0 Å². The van der Waals surface area contributed by atoms with Crippen molar-refractivity contribution in [3.05, 3.63) is 41.2 Å². The Bertz CT molecular complexity index is 627. The van der Waals surface area contributed by atoms with Gasteiger partial charge in [-0.15, -0.1) is 5.10 Å². The molecule has 1 aromatic heterocycles. The number of aryl methyl sites for hydroxylation is 1. The van der Waals surface area contributed by atoms with Gasteiger partial charge in [0.1, 0.15) is 11.3 Å². The molecule has 0 fully saturated rings. The maximum Gasteiger partial charge on any atom is 0.416 e. The lowest BCUT2D eigenvalue weighted by Crippen LogP contribution is -2.15. The molecule has 1 aromatic carbocycles. The summed E-state index contributed by atoms with van der Waals surface area (Å²) < 4.78 is 39.8. The molecule has 1 N–H and O–H groups in total. The maximum absolute atomic E-state index is 12.9. The number of rotatable bonds is 2. The van der Waals surface area contributed by atoms with Gasteiger partial charge in [0.25, 0.3) is 0 Å². The van der Waals surface area contributed by atoms with Crippen LogP contribution < -0.4 is 0 Å². The minimum Gasteiger partial charge on any atom is -0.384 e. The van der Waals surface area contributed by atoms with Gasteiger partial charge in [0, 0.05) is 0 Å². The molecule has 20 heavy (non-hydrogen) atoms. The summed E-state index contributed by atoms with van der Waals surface area (Å²) in [5.74, 6) is 0. The fraction of sp³-hybridized carbons (Fsp3) is 0.385. The molecule has 0 bridgehead atoms. The van der Waals surface area contributed by atoms with Crippen LogP contribution in [0.25, 0.3) is 5.69 Å². The van der Waals surface area contributed by atoms with Crippen LogP contribution >= 0.6 is 0 Å². The first-order valence-corrected chi connectivity index (χ1v) is 5.92. The molecule has 0 aliphatic carbocycles. The first-order chi connectivity index (χ1) is 9.09. The van der Waals surface area contributed by atoms with Gasteiger partial charge in [-0.1, -0.05) is 11.3 Å². The minimum atomic E-state index is -4.42. The normalized spacial score (nSPS) is 12.8. The predicted molar refractivity (Wildman–Crippen MR) is 66.3 cm³/mol. The molecule has 2 rings (SSSR count). The van der Waals surface area contributed by atoms with E-state index in [4.69, 9.17) is 0 Å². The molecule has 0 amide bonds. The molecule has 7 heteroatoms. The standard InChI is InChI=1S/C13H14F3N3O/c1-8-4-5-9(6-10(8)13(14,15)16)19-7-11(17-18-19)12(2,3)20/h4-7,20H,1-3H3. The number of aromatic nitrogens is 3. The molecule has 0 spiro atoms. The van der Waals surface area contributed by atoms with Crippen LogP contribution in [-0.4, -0.2) is 20.1 Å². The van der Waals surface area contributed by atoms with Gasteiger partial charge < -0.3 is 5.11 Å². The van der Waals surface area contributed by atoms with Crippen molar-refractivity contribution in [1.82, 2.24) is 15.0 Å². The number of nitrogens with zero attached hydrogens (tertiary/aromatic N) is 3. The third-order valence-electron chi connectivity index (χ3n) is 2.91. The van der Waals surface area contributed by atoms with Crippen molar-refractivity contribution in [2.24, 2.45) is 0 Å². The van der Waals surface area contributed by atoms with Crippen LogP contribution in [0.3, 0.4) is 0 Å². The Balaban J connectivity index is 2.47. The third kappa shape index (κ3) is 2.82. The SMILES string of the molecule is Cc1ccc(-n2cc(C(C)(C)O)nn2)cc1C(F)(F)F. The smallest absolute Gasteiger partial charge is 0.384 e. The molecule has 1 heterocycles. The molecule has 108 valence electrons. The van der Waals surface area contributed by atoms with Crippen molar-refractivity contribution in [3.8, 4) is 5.69 Å². The first kappa shape index (κ1) is 14.5. The molecule has 0 aliphatic rings. The summed E-state index contributed by atoms with van der Waals surface area (Å²) in [5.41, 5.74) is -1.24. The zero-order valence-electron chi connectivity index (χ0n) is 11.2. The largest absolute Gasteiger partial charge is 0.416 e. The summed E-state index contributed by atoms with van der Waals surface area (Å²) in [6.07, 6.45) is -3.01. The zero-order valence-corrected chi connectivity index (χ0v) is 11.2. The van der Waals surface area contributed by atoms with Crippen LogP contribution in [-0.2, 0) is 11.8 Å². The van der Waals surface area contributed by atoms with Gasteiger partial charge in [-0.05, 0) is 38.5 Å². The number of halogens is 3. The first-order valence-electron chi connectivity index (χ1n) is 5.92. The van der Waals surface area contributed by atoms with Gasteiger partial charge in [-0.3, -0.25) is 0 Å². The summed E-state index contributed by atoms with van der Waals surface area (Å²) in [4.78, 5) is 0. The molecule has 0 aliphatic heterocycles. The Kier molecular flexibility index (Phi) is 3.33. The van der Waals surface area contributed by atoms with Crippen LogP contribution in [0.15, 0.2) is 24.4 Å². The summed E-state index contributed by atoms with van der Waals surface area (Å²) in [5, 5.41) is 17.3. The van der Waals surface area contributed by atoms with E-state index >= 15 is 0 Å². The number of hydrogen-bond donors (Lipinski definition) is 1. The fourth-order valence-corrected chi connectivity index (χ4v) is 1.73. The lowest BCUT2D eigenvalue weighted by molar-refractivity contribution is -0.138.